The molecule has 0 unspecified atom stereocenters. The molecule has 110 valence electrons. The van der Waals surface area contributed by atoms with E-state index in [0.29, 0.717) is 0 Å². The number of anilines is 1. The smallest absolute Gasteiger partial charge is 0.383 e. The average Bonchev–Trinajstić information content (AvgIpc) is 2.80. The third-order valence-electron chi connectivity index (χ3n) is 3.49. The normalized spacial score (nSPS) is 12.9. The Bertz CT molecular complexity index is 652. The van der Waals surface area contributed by atoms with Gasteiger partial charge < -0.3 is 5.32 Å². The van der Waals surface area contributed by atoms with Gasteiger partial charge in [0.1, 0.15) is 0 Å². The Morgan fingerprint density at radius 1 is 1.00 bits per heavy atom. The fourth-order valence-corrected chi connectivity index (χ4v) is 2.62. The molecule has 0 aromatic heterocycles. The minimum absolute atomic E-state index is 0.116. The molecule has 0 saturated heterocycles. The molecule has 0 radical (unpaired) electrons. The van der Waals surface area contributed by atoms with Gasteiger partial charge in [0.15, 0.2) is 0 Å². The molecule has 1 aliphatic carbocycles. The van der Waals surface area contributed by atoms with Crippen molar-refractivity contribution in [3.8, 4) is 11.1 Å². The summed E-state index contributed by atoms with van der Waals surface area (Å²) in [7, 11) is 0. The summed E-state index contributed by atoms with van der Waals surface area (Å²) in [5, 5.41) is 2.95. The second-order valence-electron chi connectivity index (χ2n) is 4.93. The molecule has 0 bridgehead atoms. The van der Waals surface area contributed by atoms with Crippen LogP contribution in [0.4, 0.5) is 18.9 Å². The van der Waals surface area contributed by atoms with Crippen molar-refractivity contribution in [3.05, 3.63) is 53.6 Å². The van der Waals surface area contributed by atoms with Crippen LogP contribution in [-0.4, -0.2) is 19.5 Å². The molecule has 2 aromatic carbocycles. The van der Waals surface area contributed by atoms with E-state index in [1.54, 1.807) is 0 Å². The maximum absolute atomic E-state index is 11.9. The van der Waals surface area contributed by atoms with E-state index >= 15 is 0 Å². The van der Waals surface area contributed by atoms with Crippen LogP contribution in [0.5, 0.6) is 0 Å². The van der Waals surface area contributed by atoms with Crippen molar-refractivity contribution in [1.29, 1.82) is 0 Å². The van der Waals surface area contributed by atoms with Gasteiger partial charge in [0.25, 0.3) is 0 Å². The van der Waals surface area contributed by atoms with Crippen molar-refractivity contribution >= 4 is 5.69 Å². The Balaban J connectivity index is 1.64. The molecule has 0 atom stereocenters. The van der Waals surface area contributed by atoms with Crippen molar-refractivity contribution in [1.82, 2.24) is 0 Å². The molecular formula is C16H14F3NO. The van der Waals surface area contributed by atoms with Gasteiger partial charge in [0.05, 0.1) is 6.61 Å². The highest BCUT2D eigenvalue weighted by molar-refractivity contribution is 5.78. The summed E-state index contributed by atoms with van der Waals surface area (Å²) in [6.45, 7) is -0.286. The van der Waals surface area contributed by atoms with Gasteiger partial charge in [-0.15, -0.1) is 13.2 Å². The van der Waals surface area contributed by atoms with Gasteiger partial charge in [-0.05, 0) is 40.8 Å². The fraction of sp³-hybridized carbons (Fsp3) is 0.250. The van der Waals surface area contributed by atoms with E-state index in [2.05, 4.69) is 22.2 Å². The van der Waals surface area contributed by atoms with E-state index in [0.717, 1.165) is 12.1 Å². The van der Waals surface area contributed by atoms with Crippen LogP contribution in [-0.2, 0) is 11.2 Å². The zero-order valence-electron chi connectivity index (χ0n) is 11.2. The number of hydrogen-bond donors (Lipinski definition) is 1. The maximum atomic E-state index is 11.9. The van der Waals surface area contributed by atoms with Gasteiger partial charge >= 0.3 is 6.36 Å². The number of nitrogens with one attached hydrogen (secondary N) is 1. The molecule has 2 aromatic rings. The number of hydrogen-bond acceptors (Lipinski definition) is 2. The van der Waals surface area contributed by atoms with Crippen LogP contribution in [0.3, 0.4) is 0 Å². The lowest BCUT2D eigenvalue weighted by Crippen LogP contribution is -2.19. The molecule has 0 heterocycles. The third-order valence-corrected chi connectivity index (χ3v) is 3.49. The third kappa shape index (κ3) is 3.19. The first-order valence-corrected chi connectivity index (χ1v) is 6.69. The van der Waals surface area contributed by atoms with Crippen LogP contribution in [0.1, 0.15) is 11.1 Å². The standard InChI is InChI=1S/C16H14F3NO/c17-16(18,19)21-8-7-20-13-5-6-15-12(10-13)9-11-3-1-2-4-14(11)15/h1-6,10,20H,7-9H2. The van der Waals surface area contributed by atoms with E-state index in [9.17, 15) is 13.2 Å². The first-order valence-electron chi connectivity index (χ1n) is 6.69. The predicted octanol–water partition coefficient (Wildman–Crippen LogP) is 4.21. The SMILES string of the molecule is FC(F)(F)OCCNc1ccc2c(c1)Cc1ccccc1-2. The van der Waals surface area contributed by atoms with Crippen LogP contribution < -0.4 is 5.32 Å². The number of fused-ring (bicyclic) bond motifs is 3. The van der Waals surface area contributed by atoms with Gasteiger partial charge in [-0.3, -0.25) is 4.74 Å². The molecule has 0 amide bonds. The van der Waals surface area contributed by atoms with Gasteiger partial charge in [-0.1, -0.05) is 30.3 Å². The van der Waals surface area contributed by atoms with Crippen LogP contribution in [0.2, 0.25) is 0 Å². The minimum Gasteiger partial charge on any atom is -0.383 e. The number of alkyl halides is 3. The first kappa shape index (κ1) is 13.9. The fourth-order valence-electron chi connectivity index (χ4n) is 2.62. The molecule has 0 spiro atoms. The average molecular weight is 293 g/mol. The van der Waals surface area contributed by atoms with E-state index < -0.39 is 13.0 Å². The molecule has 0 fully saturated rings. The van der Waals surface area contributed by atoms with E-state index in [1.165, 1.54) is 22.3 Å². The Morgan fingerprint density at radius 2 is 1.76 bits per heavy atom. The Kier molecular flexibility index (Phi) is 3.59. The molecule has 5 heteroatoms. The second-order valence-corrected chi connectivity index (χ2v) is 4.93. The number of halogens is 3. The number of rotatable bonds is 4. The van der Waals surface area contributed by atoms with Crippen LogP contribution in [0, 0.1) is 0 Å². The molecule has 0 saturated carbocycles. The Morgan fingerprint density at radius 3 is 2.57 bits per heavy atom. The van der Waals surface area contributed by atoms with Gasteiger partial charge in [-0.25, -0.2) is 0 Å². The Hall–Kier alpha value is -2.01. The van der Waals surface area contributed by atoms with Gasteiger partial charge in [0.2, 0.25) is 0 Å². The quantitative estimate of drug-likeness (QED) is 0.728. The summed E-state index contributed by atoms with van der Waals surface area (Å²) in [5.74, 6) is 0. The predicted molar refractivity (Wildman–Crippen MR) is 75.2 cm³/mol. The molecule has 2 nitrogen and oxygen atoms in total. The number of ether oxygens (including phenoxy) is 1. The highest BCUT2D eigenvalue weighted by Gasteiger charge is 2.28. The number of benzene rings is 2. The lowest BCUT2D eigenvalue weighted by atomic mass is 10.1. The van der Waals surface area contributed by atoms with Crippen molar-refractivity contribution in [2.45, 2.75) is 12.8 Å². The highest BCUT2D eigenvalue weighted by atomic mass is 19.4. The molecule has 1 N–H and O–H groups in total. The maximum Gasteiger partial charge on any atom is 0.522 e. The van der Waals surface area contributed by atoms with Crippen LogP contribution in [0.15, 0.2) is 42.5 Å². The first-order chi connectivity index (χ1) is 10.0. The highest BCUT2D eigenvalue weighted by Crippen LogP contribution is 2.37. The summed E-state index contributed by atoms with van der Waals surface area (Å²) in [4.78, 5) is 0. The summed E-state index contributed by atoms with van der Waals surface area (Å²) < 4.78 is 39.3. The van der Waals surface area contributed by atoms with Crippen LogP contribution in [0.25, 0.3) is 11.1 Å². The molecule has 0 aliphatic heterocycles. The topological polar surface area (TPSA) is 21.3 Å². The largest absolute Gasteiger partial charge is 0.522 e. The van der Waals surface area contributed by atoms with Crippen molar-refractivity contribution in [2.24, 2.45) is 0 Å². The Labute approximate surface area is 120 Å². The zero-order chi connectivity index (χ0) is 14.9. The second kappa shape index (κ2) is 5.41. The van der Waals surface area contributed by atoms with Crippen LogP contribution >= 0.6 is 0 Å². The van der Waals surface area contributed by atoms with Crippen molar-refractivity contribution < 1.29 is 17.9 Å². The molecule has 21 heavy (non-hydrogen) atoms. The van der Waals surface area contributed by atoms with E-state index in [1.807, 2.05) is 30.3 Å². The lowest BCUT2D eigenvalue weighted by molar-refractivity contribution is -0.322. The molecule has 3 rings (SSSR count). The van der Waals surface area contributed by atoms with E-state index in [4.69, 9.17) is 0 Å². The minimum atomic E-state index is -4.57. The summed E-state index contributed by atoms with van der Waals surface area (Å²) >= 11 is 0. The van der Waals surface area contributed by atoms with Gasteiger partial charge in [0, 0.05) is 12.2 Å². The van der Waals surface area contributed by atoms with E-state index in [-0.39, 0.29) is 6.54 Å². The molecular weight excluding hydrogens is 279 g/mol. The van der Waals surface area contributed by atoms with Crippen molar-refractivity contribution in [3.63, 3.8) is 0 Å². The van der Waals surface area contributed by atoms with Gasteiger partial charge in [-0.2, -0.15) is 0 Å². The monoisotopic (exact) mass is 293 g/mol. The summed E-state index contributed by atoms with van der Waals surface area (Å²) in [6.07, 6.45) is -3.71. The summed E-state index contributed by atoms with van der Waals surface area (Å²) in [6, 6.07) is 14.1. The molecule has 1 aliphatic rings. The summed E-state index contributed by atoms with van der Waals surface area (Å²) in [5.41, 5.74) is 5.72. The lowest BCUT2D eigenvalue weighted by Gasteiger charge is -2.10. The zero-order valence-corrected chi connectivity index (χ0v) is 11.2. The van der Waals surface area contributed by atoms with Crippen molar-refractivity contribution in [2.75, 3.05) is 18.5 Å².